The van der Waals surface area contributed by atoms with E-state index >= 15 is 0 Å². The maximum absolute atomic E-state index is 13.2. The highest BCUT2D eigenvalue weighted by Gasteiger charge is 2.50. The highest BCUT2D eigenvalue weighted by Crippen LogP contribution is 2.26. The summed E-state index contributed by atoms with van der Waals surface area (Å²) < 4.78 is 28.5. The van der Waals surface area contributed by atoms with Crippen LogP contribution in [0, 0.1) is 0 Å². The Kier molecular flexibility index (Phi) is 52.1. The normalized spacial score (nSPS) is 18.3. The minimum atomic E-state index is -1.91. The third-order valence-corrected chi connectivity index (χ3v) is 14.4. The van der Waals surface area contributed by atoms with Gasteiger partial charge in [0.25, 0.3) is 0 Å². The molecule has 6 atom stereocenters. The summed E-state index contributed by atoms with van der Waals surface area (Å²) in [6, 6.07) is 0. The van der Waals surface area contributed by atoms with Gasteiger partial charge in [0.1, 0.15) is 18.8 Å². The molecular formula is C69H116O12. The van der Waals surface area contributed by atoms with E-state index in [1.54, 1.807) is 0 Å². The number of carbonyl (C=O) groups excluding carboxylic acids is 3. The topological polar surface area (TPSA) is 175 Å². The third-order valence-electron chi connectivity index (χ3n) is 14.4. The monoisotopic (exact) mass is 1140 g/mol. The van der Waals surface area contributed by atoms with Gasteiger partial charge in [-0.15, -0.1) is 0 Å². The Labute approximate surface area is 492 Å². The van der Waals surface area contributed by atoms with E-state index in [1.807, 2.05) is 0 Å². The molecule has 6 unspecified atom stereocenters. The second-order valence-electron chi connectivity index (χ2n) is 22.0. The van der Waals surface area contributed by atoms with Crippen molar-refractivity contribution in [1.29, 1.82) is 0 Å². The molecule has 0 amide bonds. The Balaban J connectivity index is 2.68. The van der Waals surface area contributed by atoms with E-state index in [-0.39, 0.29) is 25.9 Å². The average molecular weight is 1140 g/mol. The van der Waals surface area contributed by atoms with Gasteiger partial charge in [0.2, 0.25) is 0 Å². The molecule has 0 bridgehead atoms. The molecule has 1 rings (SSSR count). The molecule has 3 N–H and O–H groups in total. The summed E-state index contributed by atoms with van der Waals surface area (Å²) in [7, 11) is 0. The van der Waals surface area contributed by atoms with Crippen molar-refractivity contribution in [3.63, 3.8) is 0 Å². The Morgan fingerprint density at radius 3 is 1.22 bits per heavy atom. The number of allylic oxidation sites excluding steroid dienone is 14. The first-order valence-corrected chi connectivity index (χ1v) is 32.6. The quantitative estimate of drug-likeness (QED) is 0.0228. The second kappa shape index (κ2) is 56.4. The van der Waals surface area contributed by atoms with Gasteiger partial charge < -0.3 is 39.0 Å². The fourth-order valence-corrected chi connectivity index (χ4v) is 9.44. The van der Waals surface area contributed by atoms with Gasteiger partial charge in [-0.05, 0) is 116 Å². The molecule has 0 aromatic heterocycles. The highest BCUT2D eigenvalue weighted by molar-refractivity contribution is 5.74. The predicted molar refractivity (Wildman–Crippen MR) is 331 cm³/mol. The maximum atomic E-state index is 13.2. The van der Waals surface area contributed by atoms with Crippen molar-refractivity contribution in [3.8, 4) is 0 Å². The van der Waals surface area contributed by atoms with Crippen molar-refractivity contribution in [2.45, 2.75) is 314 Å². The van der Waals surface area contributed by atoms with E-state index in [9.17, 15) is 34.5 Å². The highest BCUT2D eigenvalue weighted by atomic mass is 16.7. The zero-order valence-corrected chi connectivity index (χ0v) is 51.3. The van der Waals surface area contributed by atoms with E-state index in [0.717, 1.165) is 141 Å². The van der Waals surface area contributed by atoms with Crippen LogP contribution in [0.2, 0.25) is 0 Å². The van der Waals surface area contributed by atoms with Crippen molar-refractivity contribution < 1.29 is 58.2 Å². The lowest BCUT2D eigenvalue weighted by Crippen LogP contribution is -2.61. The van der Waals surface area contributed by atoms with Gasteiger partial charge in [-0.1, -0.05) is 228 Å². The van der Waals surface area contributed by atoms with Gasteiger partial charge in [-0.25, -0.2) is 4.79 Å². The number of carboxylic acids is 1. The lowest BCUT2D eigenvalue weighted by molar-refractivity contribution is -0.301. The lowest BCUT2D eigenvalue weighted by atomic mass is 9.98. The van der Waals surface area contributed by atoms with Crippen LogP contribution in [0.15, 0.2) is 85.1 Å². The van der Waals surface area contributed by atoms with E-state index < -0.39 is 67.3 Å². The van der Waals surface area contributed by atoms with Crippen LogP contribution in [0.25, 0.3) is 0 Å². The largest absolute Gasteiger partial charge is 0.479 e. The molecule has 0 aromatic carbocycles. The fraction of sp³-hybridized carbons (Fsp3) is 0.739. The summed E-state index contributed by atoms with van der Waals surface area (Å²) in [6.45, 7) is 5.85. The number of aliphatic carboxylic acids is 1. The Morgan fingerprint density at radius 2 is 0.778 bits per heavy atom. The number of ether oxygens (including phenoxy) is 5. The molecule has 12 heteroatoms. The van der Waals surface area contributed by atoms with Crippen molar-refractivity contribution in [3.05, 3.63) is 85.1 Å². The summed E-state index contributed by atoms with van der Waals surface area (Å²) >= 11 is 0. The maximum Gasteiger partial charge on any atom is 0.335 e. The molecule has 1 aliphatic heterocycles. The van der Waals surface area contributed by atoms with Crippen molar-refractivity contribution >= 4 is 23.9 Å². The fourth-order valence-electron chi connectivity index (χ4n) is 9.44. The molecule has 0 spiro atoms. The van der Waals surface area contributed by atoms with Crippen LogP contribution in [-0.2, 0) is 42.9 Å². The number of carbonyl (C=O) groups is 4. The standard InChI is InChI=1S/C69H116O12/c1-4-7-10-13-16-19-22-25-28-30-31-33-35-37-40-43-46-49-52-55-61(70)77-58-60(79-62(71)56-53-50-47-44-41-39-36-32-29-26-23-20-17-14-11-8-5-2)59-78-69-67(65(74)64(73)66(81-69)68(75)76)80-63(72)57-54-51-48-45-42-38-34-27-24-21-18-15-12-9-6-3/h7,10,16,18-19,21,25-29,31,33-34,60,64-67,69,73-74H,4-6,8-9,11-15,17,20,22-24,30,32,35-59H2,1-3H3,(H,75,76)/b10-7-,19-16-,21-18-,28-25-,29-26-,33-31-,34-27-. The number of hydrogen-bond donors (Lipinski definition) is 3. The Hall–Kier alpha value is -4.10. The van der Waals surface area contributed by atoms with Gasteiger partial charge >= 0.3 is 23.9 Å². The first-order valence-electron chi connectivity index (χ1n) is 32.6. The molecule has 0 radical (unpaired) electrons. The molecule has 0 aromatic rings. The minimum absolute atomic E-state index is 0.0404. The van der Waals surface area contributed by atoms with E-state index in [1.165, 1.54) is 77.0 Å². The van der Waals surface area contributed by atoms with Crippen LogP contribution in [0.4, 0.5) is 0 Å². The van der Waals surface area contributed by atoms with Gasteiger partial charge in [0.05, 0.1) is 6.61 Å². The van der Waals surface area contributed by atoms with Gasteiger partial charge in [0.15, 0.2) is 24.6 Å². The summed E-state index contributed by atoms with van der Waals surface area (Å²) in [5.41, 5.74) is 0. The second-order valence-corrected chi connectivity index (χ2v) is 22.0. The molecule has 464 valence electrons. The minimum Gasteiger partial charge on any atom is -0.479 e. The number of aliphatic hydroxyl groups excluding tert-OH is 2. The van der Waals surface area contributed by atoms with Crippen LogP contribution in [-0.4, -0.2) is 89.2 Å². The zero-order chi connectivity index (χ0) is 58.9. The van der Waals surface area contributed by atoms with Crippen molar-refractivity contribution in [2.75, 3.05) is 13.2 Å². The molecule has 1 heterocycles. The molecule has 0 aliphatic carbocycles. The van der Waals surface area contributed by atoms with E-state index in [2.05, 4.69) is 106 Å². The first-order chi connectivity index (χ1) is 39.6. The molecule has 1 aliphatic rings. The number of hydrogen-bond acceptors (Lipinski definition) is 11. The number of carboxylic acid groups (broad SMARTS) is 1. The number of aliphatic hydroxyl groups is 2. The molecule has 0 saturated carbocycles. The smallest absolute Gasteiger partial charge is 0.335 e. The third kappa shape index (κ3) is 46.0. The van der Waals surface area contributed by atoms with Gasteiger partial charge in [-0.3, -0.25) is 14.4 Å². The van der Waals surface area contributed by atoms with E-state index in [0.29, 0.717) is 19.3 Å². The number of esters is 3. The van der Waals surface area contributed by atoms with Crippen LogP contribution < -0.4 is 0 Å². The molecule has 1 saturated heterocycles. The number of unbranched alkanes of at least 4 members (excludes halogenated alkanes) is 27. The predicted octanol–water partition coefficient (Wildman–Crippen LogP) is 17.5. The zero-order valence-electron chi connectivity index (χ0n) is 51.3. The SMILES string of the molecule is CC/C=C\C/C=C\C/C=C\C/C=C\CCCCCCCCC(=O)OCC(COC1OC(C(=O)O)C(O)C(O)C1OC(=O)CCCCCCC/C=C\C/C=C\CCCCC)OC(=O)CCCCCCCCC/C=C\CCCCCCCC. The summed E-state index contributed by atoms with van der Waals surface area (Å²) in [6.07, 6.45) is 61.0. The van der Waals surface area contributed by atoms with Crippen LogP contribution in [0.3, 0.4) is 0 Å². The van der Waals surface area contributed by atoms with Crippen LogP contribution in [0.5, 0.6) is 0 Å². The molecule has 81 heavy (non-hydrogen) atoms. The molecular weight excluding hydrogens is 1020 g/mol. The van der Waals surface area contributed by atoms with E-state index in [4.69, 9.17) is 23.7 Å². The average Bonchev–Trinajstić information content (AvgIpc) is 3.53. The summed E-state index contributed by atoms with van der Waals surface area (Å²) in [5.74, 6) is -3.15. The first kappa shape index (κ1) is 74.9. The lowest BCUT2D eigenvalue weighted by Gasteiger charge is -2.40. The Bertz CT molecular complexity index is 1730. The van der Waals surface area contributed by atoms with Crippen LogP contribution in [0.1, 0.15) is 278 Å². The van der Waals surface area contributed by atoms with Crippen LogP contribution >= 0.6 is 0 Å². The van der Waals surface area contributed by atoms with Gasteiger partial charge in [0, 0.05) is 19.3 Å². The summed E-state index contributed by atoms with van der Waals surface area (Å²) in [5, 5.41) is 31.6. The van der Waals surface area contributed by atoms with Crippen molar-refractivity contribution in [2.24, 2.45) is 0 Å². The molecule has 1 fully saturated rings. The van der Waals surface area contributed by atoms with Gasteiger partial charge in [-0.2, -0.15) is 0 Å². The Morgan fingerprint density at radius 1 is 0.420 bits per heavy atom. The molecule has 12 nitrogen and oxygen atoms in total. The van der Waals surface area contributed by atoms with Crippen molar-refractivity contribution in [1.82, 2.24) is 0 Å². The summed E-state index contributed by atoms with van der Waals surface area (Å²) in [4.78, 5) is 51.3. The number of rotatable bonds is 55.